The molecule has 1 aromatic rings. The summed E-state index contributed by atoms with van der Waals surface area (Å²) in [7, 11) is 0. The maximum Gasteiger partial charge on any atom is 0.156 e. The van der Waals surface area contributed by atoms with Gasteiger partial charge in [0.05, 0.1) is 17.7 Å². The molecule has 1 saturated carbocycles. The van der Waals surface area contributed by atoms with Crippen LogP contribution in [0.5, 0.6) is 0 Å². The largest absolute Gasteiger partial charge is 0.390 e. The summed E-state index contributed by atoms with van der Waals surface area (Å²) in [6, 6.07) is 9.74. The van der Waals surface area contributed by atoms with Crippen molar-refractivity contribution in [2.24, 2.45) is 16.5 Å². The van der Waals surface area contributed by atoms with Crippen molar-refractivity contribution in [1.82, 2.24) is 0 Å². The highest BCUT2D eigenvalue weighted by atomic mass is 35.5. The molecule has 16 heavy (non-hydrogen) atoms. The fourth-order valence-electron chi connectivity index (χ4n) is 2.23. The van der Waals surface area contributed by atoms with Crippen LogP contribution < -0.4 is 0 Å². The molecule has 0 N–H and O–H groups in total. The van der Waals surface area contributed by atoms with Crippen molar-refractivity contribution in [3.8, 4) is 6.07 Å². The van der Waals surface area contributed by atoms with Gasteiger partial charge in [-0.2, -0.15) is 5.26 Å². The summed E-state index contributed by atoms with van der Waals surface area (Å²) in [5.41, 5.74) is 1.44. The second kappa shape index (κ2) is 2.99. The molecule has 2 aliphatic rings. The third-order valence-electron chi connectivity index (χ3n) is 3.37. The highest BCUT2D eigenvalue weighted by Crippen LogP contribution is 2.58. The van der Waals surface area contributed by atoms with Crippen molar-refractivity contribution < 1.29 is 4.84 Å². The van der Waals surface area contributed by atoms with Crippen molar-refractivity contribution in [3.63, 3.8) is 0 Å². The molecule has 0 aromatic heterocycles. The summed E-state index contributed by atoms with van der Waals surface area (Å²) < 4.78 is 0. The second-order valence-electron chi connectivity index (χ2n) is 4.38. The van der Waals surface area contributed by atoms with E-state index < -0.39 is 5.41 Å². The monoisotopic (exact) mass is 232 g/mol. The van der Waals surface area contributed by atoms with Crippen molar-refractivity contribution in [3.05, 3.63) is 34.9 Å². The van der Waals surface area contributed by atoms with Crippen molar-refractivity contribution in [1.29, 1.82) is 5.26 Å². The van der Waals surface area contributed by atoms with Crippen LogP contribution >= 0.6 is 11.6 Å². The molecule has 3 atom stereocenters. The first-order valence-corrected chi connectivity index (χ1v) is 5.45. The molecule has 0 saturated heterocycles. The van der Waals surface area contributed by atoms with Gasteiger partial charge in [-0.1, -0.05) is 28.9 Å². The number of fused-ring (bicyclic) bond motifs is 1. The molecule has 0 amide bonds. The lowest BCUT2D eigenvalue weighted by Gasteiger charge is -2.05. The first-order valence-electron chi connectivity index (χ1n) is 5.08. The summed E-state index contributed by atoms with van der Waals surface area (Å²) in [5.74, 6) is 0.110. The summed E-state index contributed by atoms with van der Waals surface area (Å²) in [4.78, 5) is 5.26. The molecule has 4 heteroatoms. The lowest BCUT2D eigenvalue weighted by molar-refractivity contribution is 0.119. The van der Waals surface area contributed by atoms with Crippen LogP contribution in [0.3, 0.4) is 0 Å². The van der Waals surface area contributed by atoms with E-state index in [0.717, 1.165) is 11.3 Å². The zero-order chi connectivity index (χ0) is 11.3. The van der Waals surface area contributed by atoms with Gasteiger partial charge in [0.2, 0.25) is 0 Å². The van der Waals surface area contributed by atoms with Gasteiger partial charge in [-0.05, 0) is 24.6 Å². The van der Waals surface area contributed by atoms with E-state index in [9.17, 15) is 0 Å². The predicted octanol–water partition coefficient (Wildman–Crippen LogP) is 2.60. The Labute approximate surface area is 98.3 Å². The highest BCUT2D eigenvalue weighted by molar-refractivity contribution is 6.30. The molecule has 0 bridgehead atoms. The number of halogens is 1. The first-order chi connectivity index (χ1) is 7.66. The minimum atomic E-state index is -0.406. The standard InChI is InChI=1S/C12H9ClN2O/c1-12(6-14)9-10(15-16-11(9)12)7-2-4-8(13)5-3-7/h2-5,9,11H,1H3/t9-,11+,12-/m1/s1. The SMILES string of the molecule is C[C@@]1(C#N)[C@@H]2C(c3ccc(Cl)cc3)=NO[C@@H]21. The van der Waals surface area contributed by atoms with E-state index in [1.807, 2.05) is 31.2 Å². The number of hydrogen-bond donors (Lipinski definition) is 0. The fourth-order valence-corrected chi connectivity index (χ4v) is 2.35. The maximum absolute atomic E-state index is 9.07. The topological polar surface area (TPSA) is 45.4 Å². The van der Waals surface area contributed by atoms with Gasteiger partial charge < -0.3 is 4.84 Å². The van der Waals surface area contributed by atoms with Gasteiger partial charge in [-0.15, -0.1) is 0 Å². The zero-order valence-corrected chi connectivity index (χ0v) is 9.40. The molecule has 0 spiro atoms. The van der Waals surface area contributed by atoms with Crippen LogP contribution in [0.1, 0.15) is 12.5 Å². The summed E-state index contributed by atoms with van der Waals surface area (Å²) in [6.45, 7) is 1.91. The summed E-state index contributed by atoms with van der Waals surface area (Å²) in [5, 5.41) is 13.8. The van der Waals surface area contributed by atoms with E-state index >= 15 is 0 Å². The van der Waals surface area contributed by atoms with Crippen LogP contribution in [-0.2, 0) is 4.84 Å². The van der Waals surface area contributed by atoms with Crippen LogP contribution in [0.15, 0.2) is 29.4 Å². The minimum absolute atomic E-state index is 0.0665. The van der Waals surface area contributed by atoms with Gasteiger partial charge in [0.15, 0.2) is 6.10 Å². The van der Waals surface area contributed by atoms with Crippen LogP contribution in [-0.4, -0.2) is 11.8 Å². The number of oxime groups is 1. The van der Waals surface area contributed by atoms with Gasteiger partial charge >= 0.3 is 0 Å². The molecule has 3 rings (SSSR count). The molecule has 0 radical (unpaired) electrons. The molecule has 1 aliphatic heterocycles. The van der Waals surface area contributed by atoms with Gasteiger partial charge in [-0.25, -0.2) is 0 Å². The lowest BCUT2D eigenvalue weighted by atomic mass is 10.0. The molecule has 1 aliphatic carbocycles. The minimum Gasteiger partial charge on any atom is -0.390 e. The first kappa shape index (κ1) is 9.68. The normalized spacial score (nSPS) is 34.7. The van der Waals surface area contributed by atoms with E-state index in [1.54, 1.807) is 0 Å². The van der Waals surface area contributed by atoms with Gasteiger partial charge in [-0.3, -0.25) is 0 Å². The lowest BCUT2D eigenvalue weighted by Crippen LogP contribution is -2.09. The van der Waals surface area contributed by atoms with E-state index in [-0.39, 0.29) is 12.0 Å². The van der Waals surface area contributed by atoms with Crippen LogP contribution in [0.4, 0.5) is 0 Å². The Morgan fingerprint density at radius 3 is 2.69 bits per heavy atom. The van der Waals surface area contributed by atoms with E-state index in [2.05, 4.69) is 11.2 Å². The Bertz CT molecular complexity index is 517. The molecular weight excluding hydrogens is 224 g/mol. The Hall–Kier alpha value is -1.53. The number of hydrogen-bond acceptors (Lipinski definition) is 3. The molecule has 80 valence electrons. The highest BCUT2D eigenvalue weighted by Gasteiger charge is 2.70. The molecule has 1 fully saturated rings. The number of rotatable bonds is 1. The third kappa shape index (κ3) is 1.11. The zero-order valence-electron chi connectivity index (χ0n) is 8.64. The van der Waals surface area contributed by atoms with Crippen molar-refractivity contribution in [2.75, 3.05) is 0 Å². The maximum atomic E-state index is 9.07. The smallest absolute Gasteiger partial charge is 0.156 e. The van der Waals surface area contributed by atoms with Crippen LogP contribution in [0, 0.1) is 22.7 Å². The van der Waals surface area contributed by atoms with Crippen LogP contribution in [0.25, 0.3) is 0 Å². The van der Waals surface area contributed by atoms with Gasteiger partial charge in [0, 0.05) is 5.02 Å². The Morgan fingerprint density at radius 1 is 1.44 bits per heavy atom. The van der Waals surface area contributed by atoms with E-state index in [0.29, 0.717) is 5.02 Å². The van der Waals surface area contributed by atoms with Crippen molar-refractivity contribution in [2.45, 2.75) is 13.0 Å². The Morgan fingerprint density at radius 2 is 2.12 bits per heavy atom. The number of nitriles is 1. The molecule has 1 aromatic carbocycles. The molecular formula is C12H9ClN2O. The quantitative estimate of drug-likeness (QED) is 0.747. The molecule has 1 heterocycles. The van der Waals surface area contributed by atoms with Crippen LogP contribution in [0.2, 0.25) is 5.02 Å². The fraction of sp³-hybridized carbons (Fsp3) is 0.333. The summed E-state index contributed by atoms with van der Waals surface area (Å²) in [6.07, 6.45) is -0.0665. The van der Waals surface area contributed by atoms with Gasteiger partial charge in [0.1, 0.15) is 5.41 Å². The molecule has 0 unspecified atom stereocenters. The van der Waals surface area contributed by atoms with Crippen molar-refractivity contribution >= 4 is 17.3 Å². The van der Waals surface area contributed by atoms with E-state index in [4.69, 9.17) is 21.7 Å². The Balaban J connectivity index is 1.94. The number of benzene rings is 1. The second-order valence-corrected chi connectivity index (χ2v) is 4.82. The third-order valence-corrected chi connectivity index (χ3v) is 3.62. The van der Waals surface area contributed by atoms with Gasteiger partial charge in [0.25, 0.3) is 0 Å². The average molecular weight is 233 g/mol. The summed E-state index contributed by atoms with van der Waals surface area (Å²) >= 11 is 5.83. The Kier molecular flexibility index (Phi) is 1.81. The number of nitrogens with zero attached hydrogens (tertiary/aromatic N) is 2. The predicted molar refractivity (Wildman–Crippen MR) is 60.1 cm³/mol. The molecule has 3 nitrogen and oxygen atoms in total. The van der Waals surface area contributed by atoms with E-state index in [1.165, 1.54) is 0 Å². The average Bonchev–Trinajstić information content (AvgIpc) is 2.70.